The molecule has 0 aliphatic carbocycles. The smallest absolute Gasteiger partial charge is 0.257 e. The van der Waals surface area contributed by atoms with E-state index in [0.29, 0.717) is 0 Å². The minimum absolute atomic E-state index is 0.178. The Morgan fingerprint density at radius 2 is 2.22 bits per heavy atom. The van der Waals surface area contributed by atoms with E-state index in [1.54, 1.807) is 7.05 Å². The minimum atomic E-state index is -0.440. The lowest BCUT2D eigenvalue weighted by molar-refractivity contribution is 0.102. The fourth-order valence-electron chi connectivity index (χ4n) is 1.28. The first kappa shape index (κ1) is 12.3. The Bertz CT molecular complexity index is 653. The van der Waals surface area contributed by atoms with Crippen molar-refractivity contribution in [1.82, 2.24) is 14.5 Å². The van der Waals surface area contributed by atoms with Crippen LogP contribution in [0, 0.1) is 0 Å². The molecule has 0 unspecified atom stereocenters. The third-order valence-electron chi connectivity index (χ3n) is 2.21. The molecule has 0 radical (unpaired) electrons. The Labute approximate surface area is 107 Å². The van der Waals surface area contributed by atoms with Gasteiger partial charge in [0.1, 0.15) is 5.15 Å². The van der Waals surface area contributed by atoms with Crippen molar-refractivity contribution < 1.29 is 4.79 Å². The van der Waals surface area contributed by atoms with Crippen molar-refractivity contribution >= 4 is 23.3 Å². The van der Waals surface area contributed by atoms with Crippen molar-refractivity contribution in [3.05, 3.63) is 51.8 Å². The Balaban J connectivity index is 2.22. The highest BCUT2D eigenvalue weighted by molar-refractivity contribution is 6.29. The normalized spacial score (nSPS) is 10.1. The van der Waals surface area contributed by atoms with Crippen molar-refractivity contribution in [3.8, 4) is 0 Å². The van der Waals surface area contributed by atoms with Crippen LogP contribution in [0.2, 0.25) is 5.15 Å². The number of hydrogen-bond donors (Lipinski definition) is 1. The van der Waals surface area contributed by atoms with Gasteiger partial charge in [0.2, 0.25) is 0 Å². The van der Waals surface area contributed by atoms with Gasteiger partial charge in [-0.05, 0) is 6.07 Å². The van der Waals surface area contributed by atoms with Crippen LogP contribution >= 0.6 is 11.6 Å². The molecule has 1 amide bonds. The molecule has 0 spiro atoms. The van der Waals surface area contributed by atoms with Gasteiger partial charge < -0.3 is 9.88 Å². The average Bonchev–Trinajstić information content (AvgIpc) is 2.32. The van der Waals surface area contributed by atoms with E-state index in [1.165, 1.54) is 35.3 Å². The van der Waals surface area contributed by atoms with Crippen molar-refractivity contribution in [1.29, 1.82) is 0 Å². The fraction of sp³-hybridized carbons (Fsp3) is 0.0909. The van der Waals surface area contributed by atoms with Crippen molar-refractivity contribution in [3.63, 3.8) is 0 Å². The zero-order valence-corrected chi connectivity index (χ0v) is 10.2. The molecule has 18 heavy (non-hydrogen) atoms. The topological polar surface area (TPSA) is 76.9 Å². The molecule has 2 rings (SSSR count). The summed E-state index contributed by atoms with van der Waals surface area (Å²) in [6.07, 6.45) is 4.24. The molecule has 0 fully saturated rings. The molecule has 0 atom stereocenters. The molecule has 7 heteroatoms. The Kier molecular flexibility index (Phi) is 3.38. The van der Waals surface area contributed by atoms with Crippen LogP contribution in [0.5, 0.6) is 0 Å². The summed E-state index contributed by atoms with van der Waals surface area (Å²) in [7, 11) is 1.60. The molecule has 0 bridgehead atoms. The lowest BCUT2D eigenvalue weighted by atomic mass is 10.2. The van der Waals surface area contributed by atoms with Gasteiger partial charge >= 0.3 is 0 Å². The van der Waals surface area contributed by atoms with E-state index in [1.807, 2.05) is 0 Å². The Morgan fingerprint density at radius 3 is 2.89 bits per heavy atom. The van der Waals surface area contributed by atoms with Gasteiger partial charge in [0.05, 0.1) is 12.4 Å². The minimum Gasteiger partial charge on any atom is -0.319 e. The molecule has 0 saturated carbocycles. The molecule has 6 nitrogen and oxygen atoms in total. The molecule has 92 valence electrons. The summed E-state index contributed by atoms with van der Waals surface area (Å²) >= 11 is 5.64. The number of amides is 1. The second kappa shape index (κ2) is 4.97. The highest BCUT2D eigenvalue weighted by atomic mass is 35.5. The van der Waals surface area contributed by atoms with Crippen molar-refractivity contribution in [2.24, 2.45) is 7.05 Å². The fourth-order valence-corrected chi connectivity index (χ4v) is 1.43. The second-order valence-corrected chi connectivity index (χ2v) is 3.93. The third kappa shape index (κ3) is 2.72. The molecule has 1 N–H and O–H groups in total. The largest absolute Gasteiger partial charge is 0.319 e. The van der Waals surface area contributed by atoms with E-state index in [2.05, 4.69) is 15.3 Å². The predicted molar refractivity (Wildman–Crippen MR) is 66.7 cm³/mol. The van der Waals surface area contributed by atoms with E-state index in [-0.39, 0.29) is 22.1 Å². The maximum atomic E-state index is 11.8. The summed E-state index contributed by atoms with van der Waals surface area (Å²) in [5.74, 6) is -0.211. The van der Waals surface area contributed by atoms with Gasteiger partial charge in [0.15, 0.2) is 5.82 Å². The van der Waals surface area contributed by atoms with Gasteiger partial charge in [0.25, 0.3) is 11.5 Å². The lowest BCUT2D eigenvalue weighted by Gasteiger charge is -2.04. The summed E-state index contributed by atoms with van der Waals surface area (Å²) in [4.78, 5) is 30.9. The van der Waals surface area contributed by atoms with Gasteiger partial charge in [0, 0.05) is 24.9 Å². The van der Waals surface area contributed by atoms with Gasteiger partial charge in [-0.25, -0.2) is 4.98 Å². The monoisotopic (exact) mass is 264 g/mol. The summed E-state index contributed by atoms with van der Waals surface area (Å²) in [6, 6.07) is 2.78. The van der Waals surface area contributed by atoms with Gasteiger partial charge in [-0.15, -0.1) is 0 Å². The zero-order chi connectivity index (χ0) is 13.1. The zero-order valence-electron chi connectivity index (χ0n) is 9.42. The summed E-state index contributed by atoms with van der Waals surface area (Å²) < 4.78 is 1.37. The van der Waals surface area contributed by atoms with Crippen LogP contribution in [0.3, 0.4) is 0 Å². The van der Waals surface area contributed by atoms with Crippen LogP contribution in [0.25, 0.3) is 0 Å². The van der Waals surface area contributed by atoms with E-state index < -0.39 is 5.91 Å². The number of aromatic nitrogens is 3. The van der Waals surface area contributed by atoms with Gasteiger partial charge in [-0.2, -0.15) is 0 Å². The summed E-state index contributed by atoms with van der Waals surface area (Å²) in [5.41, 5.74) is -0.0142. The number of carbonyl (C=O) groups excluding carboxylic acids is 1. The van der Waals surface area contributed by atoms with Crippen molar-refractivity contribution in [2.45, 2.75) is 0 Å². The molecular formula is C11H9ClN4O2. The van der Waals surface area contributed by atoms with Crippen LogP contribution in [0.1, 0.15) is 10.4 Å². The molecule has 0 aromatic carbocycles. The number of nitrogens with one attached hydrogen (secondary N) is 1. The predicted octanol–water partition coefficient (Wildman–Crippen LogP) is 1.08. The number of anilines is 1. The van der Waals surface area contributed by atoms with Crippen LogP contribution in [-0.4, -0.2) is 20.4 Å². The Hall–Kier alpha value is -2.21. The quantitative estimate of drug-likeness (QED) is 0.881. The maximum absolute atomic E-state index is 11.8. The molecule has 0 aliphatic heterocycles. The summed E-state index contributed by atoms with van der Waals surface area (Å²) in [6.45, 7) is 0. The third-order valence-corrected chi connectivity index (χ3v) is 2.40. The number of pyridine rings is 1. The molecule has 2 aromatic heterocycles. The van der Waals surface area contributed by atoms with E-state index in [0.717, 1.165) is 0 Å². The number of hydrogen-bond acceptors (Lipinski definition) is 4. The molecule has 2 aromatic rings. The first-order valence-corrected chi connectivity index (χ1v) is 5.39. The molecule has 0 aliphatic rings. The highest BCUT2D eigenvalue weighted by Gasteiger charge is 2.08. The lowest BCUT2D eigenvalue weighted by Crippen LogP contribution is -2.20. The van der Waals surface area contributed by atoms with Crippen LogP contribution in [0.15, 0.2) is 35.5 Å². The van der Waals surface area contributed by atoms with Crippen LogP contribution < -0.4 is 10.9 Å². The first-order valence-electron chi connectivity index (χ1n) is 5.02. The van der Waals surface area contributed by atoms with Crippen LogP contribution in [-0.2, 0) is 7.05 Å². The second-order valence-electron chi connectivity index (χ2n) is 3.55. The number of aryl methyl sites for hydroxylation is 1. The maximum Gasteiger partial charge on any atom is 0.257 e. The number of nitrogens with zero attached hydrogens (tertiary/aromatic N) is 3. The molecule has 2 heterocycles. The standard InChI is InChI=1S/C11H9ClN4O2/c1-16-3-2-7(4-10(16)17)11(18)15-9-6-13-5-8(12)14-9/h2-6H,1H3,(H,14,15,18). The highest BCUT2D eigenvalue weighted by Crippen LogP contribution is 2.08. The van der Waals surface area contributed by atoms with E-state index in [9.17, 15) is 9.59 Å². The van der Waals surface area contributed by atoms with E-state index >= 15 is 0 Å². The van der Waals surface area contributed by atoms with Gasteiger partial charge in [-0.1, -0.05) is 11.6 Å². The van der Waals surface area contributed by atoms with Gasteiger partial charge in [-0.3, -0.25) is 14.6 Å². The van der Waals surface area contributed by atoms with Crippen molar-refractivity contribution in [2.75, 3.05) is 5.32 Å². The first-order chi connectivity index (χ1) is 8.56. The average molecular weight is 265 g/mol. The molecular weight excluding hydrogens is 256 g/mol. The summed E-state index contributed by atoms with van der Waals surface area (Å²) in [5, 5.41) is 2.68. The Morgan fingerprint density at radius 1 is 1.44 bits per heavy atom. The number of halogens is 1. The molecule has 0 saturated heterocycles. The SMILES string of the molecule is Cn1ccc(C(=O)Nc2cncc(Cl)n2)cc1=O. The number of rotatable bonds is 2. The number of carbonyl (C=O) groups is 1. The van der Waals surface area contributed by atoms with Crippen LogP contribution in [0.4, 0.5) is 5.82 Å². The van der Waals surface area contributed by atoms with E-state index in [4.69, 9.17) is 11.6 Å².